The van der Waals surface area contributed by atoms with Gasteiger partial charge in [-0.05, 0) is 6.07 Å². The number of anilines is 1. The molecule has 0 atom stereocenters. The van der Waals surface area contributed by atoms with Crippen LogP contribution in [0.5, 0.6) is 0 Å². The van der Waals surface area contributed by atoms with Crippen molar-refractivity contribution >= 4 is 23.1 Å². The summed E-state index contributed by atoms with van der Waals surface area (Å²) in [6.07, 6.45) is 1.58. The van der Waals surface area contributed by atoms with E-state index in [1.807, 2.05) is 0 Å². The first-order chi connectivity index (χ1) is 5.90. The van der Waals surface area contributed by atoms with Gasteiger partial charge >= 0.3 is 0 Å². The number of fused-ring (bicyclic) bond motifs is 1. The van der Waals surface area contributed by atoms with Crippen molar-refractivity contribution in [2.45, 2.75) is 0 Å². The van der Waals surface area contributed by atoms with Crippen molar-refractivity contribution in [1.82, 2.24) is 15.4 Å². The van der Waals surface area contributed by atoms with E-state index in [9.17, 15) is 4.79 Å². The van der Waals surface area contributed by atoms with Crippen LogP contribution < -0.4 is 5.32 Å². The third kappa shape index (κ3) is 1.25. The Bertz CT molecular complexity index is 414. The summed E-state index contributed by atoms with van der Waals surface area (Å²) in [5.74, 6) is 0. The normalized spacial score (nSPS) is 9.23. The summed E-state index contributed by atoms with van der Waals surface area (Å²) < 4.78 is 0. The first-order valence-corrected chi connectivity index (χ1v) is 3.34. The molecule has 0 aliphatic carbocycles. The van der Waals surface area contributed by atoms with Crippen molar-refractivity contribution in [1.29, 1.82) is 0 Å². The van der Waals surface area contributed by atoms with E-state index in [-0.39, 0.29) is 0 Å². The number of nitrogens with one attached hydrogen (secondary N) is 2. The number of aromatic amines is 1. The van der Waals surface area contributed by atoms with Crippen molar-refractivity contribution in [3.63, 3.8) is 0 Å². The van der Waals surface area contributed by atoms with E-state index in [0.29, 0.717) is 5.69 Å². The van der Waals surface area contributed by atoms with E-state index in [0.717, 1.165) is 11.0 Å². The summed E-state index contributed by atoms with van der Waals surface area (Å²) in [5.41, 5.74) is 2.15. The molecular weight excluding hydrogens is 423 g/mol. The maximum atomic E-state index is 9.97. The Balaban J connectivity index is 0.000000845. The smallest absolute Gasteiger partial charge is 0.110 e. The van der Waals surface area contributed by atoms with Crippen LogP contribution in [-0.4, -0.2) is 21.8 Å². The first-order valence-electron chi connectivity index (χ1n) is 3.34. The fourth-order valence-corrected chi connectivity index (χ4v) is 0.977. The number of amides is 1. The average Bonchev–Trinajstić information content (AvgIpc) is 2.51. The molecule has 6 heteroatoms. The second-order valence-corrected chi connectivity index (χ2v) is 2.25. The Hall–Kier alpha value is -2.91. The summed E-state index contributed by atoms with van der Waals surface area (Å²) in [6.45, 7) is 0. The van der Waals surface area contributed by atoms with Gasteiger partial charge in [-0.3, -0.25) is 0 Å². The van der Waals surface area contributed by atoms with Crippen LogP contribution in [0.15, 0.2) is 18.2 Å². The molecule has 2 N–H and O–H groups in total. The van der Waals surface area contributed by atoms with Crippen molar-refractivity contribution in [2.24, 2.45) is 0 Å². The minimum Gasteiger partial charge on any atom is -0.490 e. The number of H-pyrrole nitrogens is 1. The van der Waals surface area contributed by atoms with E-state index in [1.54, 1.807) is 24.6 Å². The molecule has 1 aromatic carbocycles. The molecule has 2 rings (SSSR count). The van der Waals surface area contributed by atoms with E-state index in [4.69, 9.17) is 0 Å². The van der Waals surface area contributed by atoms with Gasteiger partial charge < -0.3 is 10.1 Å². The minimum absolute atomic E-state index is 0. The molecule has 0 unspecified atom stereocenters. The summed E-state index contributed by atoms with van der Waals surface area (Å²) >= 11 is 0. The van der Waals surface area contributed by atoms with Crippen LogP contribution in [0.1, 0.15) is 0 Å². The van der Waals surface area contributed by atoms with Crippen LogP contribution >= 0.6 is 0 Å². The number of hydrogen-bond acceptors (Lipinski definition) is 3. The fraction of sp³-hybridized carbons (Fsp3) is 0. The van der Waals surface area contributed by atoms with E-state index >= 15 is 0 Å². The third-order valence-electron chi connectivity index (χ3n) is 1.51. The molecule has 0 saturated heterocycles. The summed E-state index contributed by atoms with van der Waals surface area (Å²) in [7, 11) is 0. The van der Waals surface area contributed by atoms with Gasteiger partial charge in [0.25, 0.3) is 0 Å². The second kappa shape index (κ2) is 3.00. The molecule has 1 heterocycles. The van der Waals surface area contributed by atoms with Gasteiger partial charge in [-0.15, -0.1) is 11.8 Å². The number of carbonyl (C=O) groups excluding carboxylic acids is 1. The zero-order valence-electron chi connectivity index (χ0n) is 6.74. The van der Waals surface area contributed by atoms with Gasteiger partial charge in [0.1, 0.15) is 5.52 Å². The molecule has 0 fully saturated rings. The Morgan fingerprint density at radius 2 is 2.08 bits per heavy atom. The number of nitrogens with zero attached hydrogens (tertiary/aromatic N) is 2. The summed E-state index contributed by atoms with van der Waals surface area (Å²) in [4.78, 5) is 9.97. The van der Waals surface area contributed by atoms with Crippen molar-refractivity contribution in [3.8, 4) is 0 Å². The number of benzene rings is 1. The molecule has 0 radical (unpaired) electrons. The molecule has 5 nitrogen and oxygen atoms in total. The molecule has 0 spiro atoms. The average molecular weight is 428 g/mol. The van der Waals surface area contributed by atoms with Crippen LogP contribution in [-0.2, 0) is 4.79 Å². The topological polar surface area (TPSA) is 70.7 Å². The van der Waals surface area contributed by atoms with Gasteiger partial charge in [0.05, 0.1) is 11.9 Å². The van der Waals surface area contributed by atoms with Crippen LogP contribution in [0.3, 0.4) is 0 Å². The fourth-order valence-electron chi connectivity index (χ4n) is 0.977. The van der Waals surface area contributed by atoms with E-state index < -0.39 is 0 Å². The van der Waals surface area contributed by atoms with Gasteiger partial charge in [0.2, 0.25) is 0 Å². The molecule has 0 aliphatic heterocycles. The molecule has 1 aromatic heterocycles. The zero-order valence-corrected chi connectivity index (χ0v) is 13.1. The number of rotatable bonds is 2. The summed E-state index contributed by atoms with van der Waals surface area (Å²) in [5, 5.41) is 12.6. The predicted molar refractivity (Wildman–Crippen MR) is 43.2 cm³/mol. The SMILES string of the molecule is O=[C-]Nc1ccc2n[nH]nc2c1.[Rf]. The van der Waals surface area contributed by atoms with Gasteiger partial charge in [-0.25, -0.2) is 0 Å². The van der Waals surface area contributed by atoms with Crippen LogP contribution in [0.2, 0.25) is 0 Å². The first kappa shape index (κ1) is 8.19. The standard InChI is InChI=1S/C7H5N4O.Rf/c12-4-8-5-1-2-6-7(3-5)10-11-9-6;/h1-3H,(H,8,12)(H,9,10,11);/q-1;. The Kier molecular flexibility index (Phi) is 1.89. The Morgan fingerprint density at radius 3 is 2.85 bits per heavy atom. The summed E-state index contributed by atoms with van der Waals surface area (Å²) in [6, 6.07) is 5.21. The number of aromatic nitrogens is 3. The van der Waals surface area contributed by atoms with E-state index in [1.165, 1.54) is 0 Å². The molecule has 13 heavy (non-hydrogen) atoms. The van der Waals surface area contributed by atoms with E-state index in [2.05, 4.69) is 20.7 Å². The molecule has 1 amide bonds. The number of hydrogen-bond donors (Lipinski definition) is 2. The van der Waals surface area contributed by atoms with Crippen LogP contribution in [0.4, 0.5) is 5.69 Å². The molecule has 0 aliphatic rings. The van der Waals surface area contributed by atoms with Gasteiger partial charge in [0.15, 0.2) is 0 Å². The minimum atomic E-state index is 0. The van der Waals surface area contributed by atoms with Crippen LogP contribution in [0, 0.1) is 0 Å². The third-order valence-corrected chi connectivity index (χ3v) is 1.51. The molecule has 62 valence electrons. The molecule has 0 bridgehead atoms. The van der Waals surface area contributed by atoms with Crippen LogP contribution in [0.25, 0.3) is 11.0 Å². The largest absolute Gasteiger partial charge is 0.490 e. The Morgan fingerprint density at radius 1 is 1.31 bits per heavy atom. The quantitative estimate of drug-likeness (QED) is 0.539. The maximum Gasteiger partial charge on any atom is 0.110 e. The van der Waals surface area contributed by atoms with Gasteiger partial charge in [-0.1, -0.05) is 6.07 Å². The van der Waals surface area contributed by atoms with Crippen molar-refractivity contribution < 1.29 is 4.79 Å². The van der Waals surface area contributed by atoms with Crippen molar-refractivity contribution in [2.75, 3.05) is 5.32 Å². The molecule has 2 aromatic rings. The van der Waals surface area contributed by atoms with Crippen molar-refractivity contribution in [3.05, 3.63) is 18.2 Å². The van der Waals surface area contributed by atoms with Gasteiger partial charge in [-0.2, -0.15) is 15.4 Å². The zero-order chi connectivity index (χ0) is 8.39. The Labute approximate surface area is 67.8 Å². The molecular formula is C7H5N4ORf-. The molecule has 0 saturated carbocycles. The maximum absolute atomic E-state index is 9.97. The predicted octanol–water partition coefficient (Wildman–Crippen LogP) is 0.437. The monoisotopic (exact) mass is 428 g/mol. The second-order valence-electron chi connectivity index (χ2n) is 2.25. The van der Waals surface area contributed by atoms with Gasteiger partial charge in [0, 0.05) is 0 Å².